The van der Waals surface area contributed by atoms with E-state index in [0.29, 0.717) is 44.9 Å². The molecule has 8 N–H and O–H groups in total. The summed E-state index contributed by atoms with van der Waals surface area (Å²) in [5.41, 5.74) is 0.0531. The van der Waals surface area contributed by atoms with Crippen molar-refractivity contribution >= 4 is 58.3 Å². The smallest absolute Gasteiger partial charge is 0.407 e. The molecule has 25 heteroatoms. The number of imide groups is 1. The largest absolute Gasteiger partial charge is 0.479 e. The lowest BCUT2D eigenvalue weighted by Gasteiger charge is -2.38. The standard InChI is InChI=1S/C49H52N6O19/c1-4-49(68)28-14-31-38-26(17-55(31)44(63)27(28)19-69-47(49)66)25(24-12-33-34(72-20-71-33)15-29(24)53-38)16-51-48(67)70-18-22-5-6-32(73-46-41(61)39(59)40(60)42(74-46)45(64)65)30(11-22)52-36(57)7-9-50-35(56)8-10-54-37(58)13-23(21(2)3)43(54)62/h5-6,11-12,14-15,21,23,39-42,46,59-61,68H,4,7-10,13,16-20H2,1-3H3,(H,50,56)(H,51,67)(H,52,57)(H,64,65)/t23?,39-,40-,41?,42?,46+,49-/m0/s1. The number of cyclic esters (lactones) is 1. The van der Waals surface area contributed by atoms with Gasteiger partial charge in [0.25, 0.3) is 5.56 Å². The number of pyridine rings is 2. The van der Waals surface area contributed by atoms with E-state index in [4.69, 9.17) is 33.4 Å². The number of likely N-dealkylation sites (tertiary alicyclic amines) is 1. The number of nitrogens with one attached hydrogen (secondary N) is 3. The maximum absolute atomic E-state index is 14.0. The van der Waals surface area contributed by atoms with Gasteiger partial charge in [0.15, 0.2) is 23.2 Å². The monoisotopic (exact) mass is 1030 g/mol. The summed E-state index contributed by atoms with van der Waals surface area (Å²) in [5, 5.41) is 60.7. The average Bonchev–Trinajstić information content (AvgIpc) is 4.07. The van der Waals surface area contributed by atoms with Crippen LogP contribution in [-0.2, 0) is 74.9 Å². The van der Waals surface area contributed by atoms with Crippen LogP contribution in [0.1, 0.15) is 74.3 Å². The Kier molecular flexibility index (Phi) is 14.0. The first kappa shape index (κ1) is 51.2. The maximum Gasteiger partial charge on any atom is 0.407 e. The van der Waals surface area contributed by atoms with E-state index in [1.54, 1.807) is 25.1 Å². The van der Waals surface area contributed by atoms with Gasteiger partial charge in [-0.25, -0.2) is 19.4 Å². The fourth-order valence-electron chi connectivity index (χ4n) is 9.55. The molecule has 0 radical (unpaired) electrons. The molecule has 5 amide bonds. The predicted molar refractivity (Wildman–Crippen MR) is 250 cm³/mol. The van der Waals surface area contributed by atoms with Gasteiger partial charge in [-0.1, -0.05) is 26.8 Å². The van der Waals surface area contributed by atoms with Gasteiger partial charge in [-0.15, -0.1) is 0 Å². The van der Waals surface area contributed by atoms with E-state index in [1.165, 1.54) is 22.8 Å². The number of hydrogen-bond donors (Lipinski definition) is 8. The number of amides is 5. The van der Waals surface area contributed by atoms with E-state index in [9.17, 15) is 63.9 Å². The number of rotatable bonds is 16. The van der Waals surface area contributed by atoms with Crippen LogP contribution in [0.2, 0.25) is 0 Å². The highest BCUT2D eigenvalue weighted by Crippen LogP contribution is 2.43. The van der Waals surface area contributed by atoms with Gasteiger partial charge in [-0.3, -0.25) is 28.9 Å². The molecule has 5 aliphatic rings. The average molecular weight is 1030 g/mol. The number of carbonyl (C=O) groups is 7. The lowest BCUT2D eigenvalue weighted by Crippen LogP contribution is -2.61. The number of carboxylic acid groups (broad SMARTS) is 1. The van der Waals surface area contributed by atoms with Crippen LogP contribution in [0.15, 0.2) is 41.2 Å². The van der Waals surface area contributed by atoms with Crippen LogP contribution < -0.4 is 35.7 Å². The van der Waals surface area contributed by atoms with Crippen molar-refractivity contribution in [1.29, 1.82) is 0 Å². The van der Waals surface area contributed by atoms with E-state index >= 15 is 0 Å². The molecule has 392 valence electrons. The number of carbonyl (C=O) groups excluding carboxylic acids is 6. The molecule has 74 heavy (non-hydrogen) atoms. The van der Waals surface area contributed by atoms with Crippen LogP contribution in [-0.4, -0.2) is 132 Å². The number of hydrogen-bond acceptors (Lipinski definition) is 19. The quantitative estimate of drug-likeness (QED) is 0.0489. The molecule has 7 heterocycles. The first-order valence-corrected chi connectivity index (χ1v) is 23.7. The lowest BCUT2D eigenvalue weighted by atomic mass is 9.86. The van der Waals surface area contributed by atoms with E-state index in [-0.39, 0.29) is 111 Å². The molecule has 0 saturated carbocycles. The van der Waals surface area contributed by atoms with Crippen molar-refractivity contribution < 1.29 is 87.5 Å². The van der Waals surface area contributed by atoms with Crippen molar-refractivity contribution in [3.8, 4) is 28.6 Å². The normalized spacial score (nSPS) is 23.5. The molecule has 2 saturated heterocycles. The number of aromatic nitrogens is 2. The molecule has 0 aliphatic carbocycles. The van der Waals surface area contributed by atoms with Gasteiger partial charge in [0.05, 0.1) is 34.7 Å². The van der Waals surface area contributed by atoms with Crippen LogP contribution in [0.4, 0.5) is 10.5 Å². The van der Waals surface area contributed by atoms with Crippen molar-refractivity contribution in [2.45, 2.75) is 109 Å². The van der Waals surface area contributed by atoms with Crippen molar-refractivity contribution in [3.63, 3.8) is 0 Å². The number of fused-ring (bicyclic) bond motifs is 6. The van der Waals surface area contributed by atoms with Gasteiger partial charge < -0.3 is 74.5 Å². The van der Waals surface area contributed by atoms with Crippen LogP contribution in [0.25, 0.3) is 22.3 Å². The Hall–Kier alpha value is -7.71. The zero-order valence-electron chi connectivity index (χ0n) is 40.1. The number of benzene rings is 2. The predicted octanol–water partition coefficient (Wildman–Crippen LogP) is 0.372. The summed E-state index contributed by atoms with van der Waals surface area (Å²) in [4.78, 5) is 109. The second-order valence-electron chi connectivity index (χ2n) is 18.7. The van der Waals surface area contributed by atoms with Gasteiger partial charge in [0.1, 0.15) is 37.3 Å². The van der Waals surface area contributed by atoms with Gasteiger partial charge in [-0.05, 0) is 47.7 Å². The number of alkyl carbamates (subject to hydrolysis) is 1. The third-order valence-electron chi connectivity index (χ3n) is 13.8. The summed E-state index contributed by atoms with van der Waals surface area (Å²) >= 11 is 0. The van der Waals surface area contributed by atoms with Gasteiger partial charge in [-0.2, -0.15) is 0 Å². The summed E-state index contributed by atoms with van der Waals surface area (Å²) in [6.45, 7) is 4.00. The third-order valence-corrected chi connectivity index (χ3v) is 13.8. The molecule has 9 rings (SSSR count). The number of carboxylic acids is 1. The Morgan fingerprint density at radius 2 is 1.68 bits per heavy atom. The molecule has 2 fully saturated rings. The fourth-order valence-corrected chi connectivity index (χ4v) is 9.55. The van der Waals surface area contributed by atoms with Crippen molar-refractivity contribution in [3.05, 3.63) is 74.6 Å². The Labute approximate surface area is 419 Å². The molecule has 25 nitrogen and oxygen atoms in total. The number of aliphatic carboxylic acids is 1. The van der Waals surface area contributed by atoms with Crippen molar-refractivity contribution in [2.24, 2.45) is 11.8 Å². The topological polar surface area (TPSA) is 350 Å². The number of nitrogens with zero attached hydrogens (tertiary/aromatic N) is 3. The van der Waals surface area contributed by atoms with E-state index in [1.807, 2.05) is 13.8 Å². The molecule has 0 bridgehead atoms. The van der Waals surface area contributed by atoms with E-state index in [0.717, 1.165) is 4.90 Å². The molecule has 2 aromatic heterocycles. The molecule has 4 aromatic rings. The molecule has 5 aliphatic heterocycles. The minimum atomic E-state index is -2.06. The highest BCUT2D eigenvalue weighted by Gasteiger charge is 2.49. The Morgan fingerprint density at radius 3 is 2.39 bits per heavy atom. The highest BCUT2D eigenvalue weighted by atomic mass is 16.7. The Balaban J connectivity index is 0.905. The molecule has 3 unspecified atom stereocenters. The van der Waals surface area contributed by atoms with Crippen LogP contribution in [0, 0.1) is 11.8 Å². The summed E-state index contributed by atoms with van der Waals surface area (Å²) in [6.07, 6.45) is -11.3. The van der Waals surface area contributed by atoms with E-state index in [2.05, 4.69) is 16.0 Å². The zero-order chi connectivity index (χ0) is 52.9. The van der Waals surface area contributed by atoms with E-state index < -0.39 is 84.2 Å². The lowest BCUT2D eigenvalue weighted by molar-refractivity contribution is -0.271. The number of aliphatic hydroxyl groups is 4. The number of aliphatic hydroxyl groups excluding tert-OH is 3. The summed E-state index contributed by atoms with van der Waals surface area (Å²) < 4.78 is 34.5. The highest BCUT2D eigenvalue weighted by molar-refractivity contribution is 6.04. The number of anilines is 1. The minimum Gasteiger partial charge on any atom is -0.479 e. The zero-order valence-corrected chi connectivity index (χ0v) is 40.1. The number of esters is 1. The maximum atomic E-state index is 14.0. The molecule has 2 aromatic carbocycles. The first-order valence-electron chi connectivity index (χ1n) is 23.7. The van der Waals surface area contributed by atoms with Gasteiger partial charge >= 0.3 is 18.0 Å². The summed E-state index contributed by atoms with van der Waals surface area (Å²) in [6, 6.07) is 8.94. The van der Waals surface area contributed by atoms with Crippen molar-refractivity contribution in [1.82, 2.24) is 25.1 Å². The second kappa shape index (κ2) is 20.3. The molecule has 0 spiro atoms. The Morgan fingerprint density at radius 1 is 0.919 bits per heavy atom. The fraction of sp³-hybridized carbons (Fsp3) is 0.449. The minimum absolute atomic E-state index is 0.00935. The number of ether oxygens (including phenoxy) is 6. The van der Waals surface area contributed by atoms with Crippen LogP contribution in [0.3, 0.4) is 0 Å². The molecular formula is C49H52N6O19. The van der Waals surface area contributed by atoms with Gasteiger partial charge in [0, 0.05) is 67.4 Å². The summed E-state index contributed by atoms with van der Waals surface area (Å²) in [5.74, 6) is -4.36. The van der Waals surface area contributed by atoms with Crippen molar-refractivity contribution in [2.75, 3.05) is 25.2 Å². The summed E-state index contributed by atoms with van der Waals surface area (Å²) in [7, 11) is 0. The van der Waals surface area contributed by atoms with Crippen LogP contribution in [0.5, 0.6) is 17.2 Å². The SMILES string of the molecule is CC[C@@]1(O)C(=O)OCc2c1cc1n(c2=O)Cc2c-1nc1cc3c(cc1c2CNC(=O)OCc1ccc(O[C@@H]2OC(C(=O)O)[C@@H](O)[C@H](O)C2O)c(NC(=O)CCNC(=O)CCN2C(=O)CC(C(C)C)C2=O)c1)OCO3. The molecular weight excluding hydrogens is 977 g/mol. The first-order chi connectivity index (χ1) is 35.3. The van der Waals surface area contributed by atoms with Crippen LogP contribution >= 0.6 is 0 Å². The second-order valence-corrected chi connectivity index (χ2v) is 18.7. The third kappa shape index (κ3) is 9.54. The Bertz CT molecular complexity index is 3070. The van der Waals surface area contributed by atoms with Gasteiger partial charge in [0.2, 0.25) is 36.7 Å². The molecule has 7 atom stereocenters.